The number of carbonyl (C=O) groups excluding carboxylic acids is 1. The molecule has 3 aliphatic rings. The van der Waals surface area contributed by atoms with Gasteiger partial charge in [0.05, 0.1) is 0 Å². The van der Waals surface area contributed by atoms with E-state index in [-0.39, 0.29) is 14.9 Å². The predicted octanol–water partition coefficient (Wildman–Crippen LogP) is 5.55. The number of amides is 1. The fourth-order valence-corrected chi connectivity index (χ4v) is 14.1. The molecular formula is C32H41ClF3IN6O3. The fourth-order valence-electron chi connectivity index (χ4n) is 7.31. The van der Waals surface area contributed by atoms with Gasteiger partial charge < -0.3 is 0 Å². The molecule has 252 valence electrons. The SMILES string of the molecule is Cc1ccc(NC(C)(O)C2C(C)C=C(Cl)C(C(F)(F)F)C2C)cc1C1=NCI(C2CCCN(C(=O)[C@@H](C)O)C2)c2ncnc(N)c21. The van der Waals surface area contributed by atoms with E-state index in [1.807, 2.05) is 19.1 Å². The van der Waals surface area contributed by atoms with Crippen molar-refractivity contribution in [2.45, 2.75) is 69.4 Å². The van der Waals surface area contributed by atoms with E-state index >= 15 is 0 Å². The molecule has 3 heterocycles. The Morgan fingerprint density at radius 3 is 2.65 bits per heavy atom. The first-order valence-corrected chi connectivity index (χ1v) is 19.6. The Bertz CT molecular complexity index is 1550. The van der Waals surface area contributed by atoms with Gasteiger partial charge in [0.1, 0.15) is 0 Å². The van der Waals surface area contributed by atoms with E-state index in [4.69, 9.17) is 27.3 Å². The minimum atomic E-state index is -4.54. The van der Waals surface area contributed by atoms with Crippen LogP contribution in [0, 0.1) is 34.3 Å². The topological polar surface area (TPSA) is 137 Å². The van der Waals surface area contributed by atoms with E-state index < -0.39 is 61.5 Å². The van der Waals surface area contributed by atoms with Crippen molar-refractivity contribution in [3.05, 3.63) is 56.0 Å². The number of aliphatic hydroxyl groups excluding tert-OH is 1. The van der Waals surface area contributed by atoms with Crippen LogP contribution in [0.5, 0.6) is 0 Å². The molecule has 1 aliphatic carbocycles. The van der Waals surface area contributed by atoms with Gasteiger partial charge in [-0.3, -0.25) is 0 Å². The number of halogens is 5. The Hall–Kier alpha value is -2.49. The number of aromatic nitrogens is 2. The Kier molecular flexibility index (Phi) is 9.99. The Morgan fingerprint density at radius 1 is 1.26 bits per heavy atom. The number of piperidine rings is 1. The Morgan fingerprint density at radius 2 is 1.98 bits per heavy atom. The number of nitrogens with zero attached hydrogens (tertiary/aromatic N) is 4. The Balaban J connectivity index is 1.45. The fraction of sp³-hybridized carbons (Fsp3) is 0.562. The van der Waals surface area contributed by atoms with E-state index in [9.17, 15) is 28.2 Å². The number of benzene rings is 1. The molecular weight excluding hydrogens is 736 g/mol. The molecule has 0 spiro atoms. The summed E-state index contributed by atoms with van der Waals surface area (Å²) in [5, 5.41) is 24.4. The minimum absolute atomic E-state index is 0.214. The van der Waals surface area contributed by atoms with Crippen LogP contribution >= 0.6 is 31.4 Å². The van der Waals surface area contributed by atoms with Crippen molar-refractivity contribution in [1.82, 2.24) is 14.9 Å². The third kappa shape index (κ3) is 6.74. The maximum atomic E-state index is 14.0. The van der Waals surface area contributed by atoms with Crippen molar-refractivity contribution in [1.29, 1.82) is 0 Å². The molecule has 1 aromatic carbocycles. The number of anilines is 2. The molecule has 0 saturated carbocycles. The van der Waals surface area contributed by atoms with E-state index in [0.29, 0.717) is 40.4 Å². The molecule has 14 heteroatoms. The summed E-state index contributed by atoms with van der Waals surface area (Å²) in [6, 6.07) is 5.47. The molecule has 0 bridgehead atoms. The third-order valence-electron chi connectivity index (χ3n) is 9.32. The monoisotopic (exact) mass is 776 g/mol. The molecule has 2 aromatic rings. The zero-order chi connectivity index (χ0) is 33.7. The number of rotatable bonds is 6. The second-order valence-corrected chi connectivity index (χ2v) is 18.9. The molecule has 1 aromatic heterocycles. The number of alkyl halides is 5. The van der Waals surface area contributed by atoms with Crippen molar-refractivity contribution in [3.63, 3.8) is 0 Å². The molecule has 9 nitrogen and oxygen atoms in total. The summed E-state index contributed by atoms with van der Waals surface area (Å²) in [7, 11) is 0. The van der Waals surface area contributed by atoms with Gasteiger partial charge in [-0.15, -0.1) is 0 Å². The van der Waals surface area contributed by atoms with Crippen molar-refractivity contribution >= 4 is 54.5 Å². The standard InChI is InChI=1S/C32H41ClF3IN6O3/c1-16-8-9-21(42-31(5,46)25-17(2)11-23(33)26(18(25)3)32(34,35)36)12-22(16)27-24-28(40-15-41-29(24)38)37(14-39-27)20-7-6-10-43(13-20)30(45)19(4)44/h8-9,11-12,15,17-20,25-26,42,44,46H,6-7,10,13-14H2,1-5H3,(H2,38,40,41)/t17?,18?,19-,20?,25?,26?,31?/m1/s1. The summed E-state index contributed by atoms with van der Waals surface area (Å²) < 4.78 is 43.6. The number of aryl methyl sites for hydroxylation is 1. The normalized spacial score (nSPS) is 28.0. The molecule has 2 aliphatic heterocycles. The molecule has 5 rings (SSSR count). The van der Waals surface area contributed by atoms with Gasteiger partial charge in [-0.05, 0) is 0 Å². The number of fused-ring (bicyclic) bond motifs is 1. The summed E-state index contributed by atoms with van der Waals surface area (Å²) in [6.07, 6.45) is -0.976. The summed E-state index contributed by atoms with van der Waals surface area (Å²) in [5.74, 6) is -4.05. The number of hydrogen-bond donors (Lipinski definition) is 4. The number of hydrogen-bond acceptors (Lipinski definition) is 8. The zero-order valence-corrected chi connectivity index (χ0v) is 29.4. The van der Waals surface area contributed by atoms with Gasteiger partial charge >= 0.3 is 256 Å². The predicted molar refractivity (Wildman–Crippen MR) is 182 cm³/mol. The molecule has 5 N–H and O–H groups in total. The van der Waals surface area contributed by atoms with Crippen LogP contribution in [-0.2, 0) is 4.79 Å². The van der Waals surface area contributed by atoms with E-state index in [0.717, 1.165) is 27.7 Å². The molecule has 1 saturated heterocycles. The number of nitrogen functional groups attached to an aromatic ring is 1. The molecule has 0 radical (unpaired) electrons. The van der Waals surface area contributed by atoms with Crippen LogP contribution < -0.4 is 11.1 Å². The van der Waals surface area contributed by atoms with Crippen LogP contribution in [-0.4, -0.2) is 76.3 Å². The van der Waals surface area contributed by atoms with Crippen LogP contribution in [0.4, 0.5) is 24.7 Å². The number of aliphatic hydroxyl groups is 2. The van der Waals surface area contributed by atoms with Crippen LogP contribution in [0.1, 0.15) is 57.2 Å². The summed E-state index contributed by atoms with van der Waals surface area (Å²) in [6.45, 7) is 9.30. The van der Waals surface area contributed by atoms with Gasteiger partial charge in [-0.1, -0.05) is 11.6 Å². The first kappa shape index (κ1) is 34.8. The summed E-state index contributed by atoms with van der Waals surface area (Å²) in [5.41, 5.74) is 8.21. The third-order valence-corrected chi connectivity index (χ3v) is 16.0. The average molecular weight is 777 g/mol. The Labute approximate surface area is 279 Å². The summed E-state index contributed by atoms with van der Waals surface area (Å²) >= 11 is 3.97. The molecule has 1 fully saturated rings. The maximum absolute atomic E-state index is 14.0. The van der Waals surface area contributed by atoms with Crippen molar-refractivity contribution in [3.8, 4) is 0 Å². The van der Waals surface area contributed by atoms with Crippen LogP contribution in [0.15, 0.2) is 40.6 Å². The number of nitrogens with two attached hydrogens (primary N) is 1. The van der Waals surface area contributed by atoms with E-state index in [1.54, 1.807) is 17.9 Å². The number of nitrogens with one attached hydrogen (secondary N) is 1. The molecule has 6 unspecified atom stereocenters. The van der Waals surface area contributed by atoms with Gasteiger partial charge in [0.25, 0.3) is 0 Å². The van der Waals surface area contributed by atoms with Gasteiger partial charge in [-0.25, -0.2) is 0 Å². The van der Waals surface area contributed by atoms with Crippen molar-refractivity contribution in [2.75, 3.05) is 28.7 Å². The number of aliphatic imine (C=N–C) groups is 1. The van der Waals surface area contributed by atoms with E-state index in [1.165, 1.54) is 33.2 Å². The number of allylic oxidation sites excluding steroid dienone is 2. The van der Waals surface area contributed by atoms with Crippen LogP contribution in [0.2, 0.25) is 0 Å². The van der Waals surface area contributed by atoms with Crippen molar-refractivity contribution < 1.29 is 28.2 Å². The molecule has 1 amide bonds. The van der Waals surface area contributed by atoms with Gasteiger partial charge in [0.15, 0.2) is 0 Å². The average Bonchev–Trinajstić information content (AvgIpc) is 2.96. The van der Waals surface area contributed by atoms with Gasteiger partial charge in [0.2, 0.25) is 0 Å². The molecule has 7 atom stereocenters. The second-order valence-electron chi connectivity index (χ2n) is 12.8. The first-order chi connectivity index (χ1) is 21.5. The van der Waals surface area contributed by atoms with Gasteiger partial charge in [-0.2, -0.15) is 13.2 Å². The number of likely N-dealkylation sites (tertiary alicyclic amines) is 1. The quantitative estimate of drug-likeness (QED) is 0.0994. The first-order valence-electron chi connectivity index (χ1n) is 15.3. The van der Waals surface area contributed by atoms with Crippen LogP contribution in [0.25, 0.3) is 0 Å². The molecule has 46 heavy (non-hydrogen) atoms. The number of carbonyl (C=O) groups is 1. The van der Waals surface area contributed by atoms with Crippen molar-refractivity contribution in [2.24, 2.45) is 28.7 Å². The second kappa shape index (κ2) is 13.2. The van der Waals surface area contributed by atoms with E-state index in [2.05, 4.69) is 10.3 Å². The summed E-state index contributed by atoms with van der Waals surface area (Å²) in [4.78, 5) is 28.4. The van der Waals surface area contributed by atoms with Crippen LogP contribution in [0.3, 0.4) is 0 Å². The zero-order valence-electron chi connectivity index (χ0n) is 26.4. The van der Waals surface area contributed by atoms with Gasteiger partial charge in [0, 0.05) is 0 Å².